The van der Waals surface area contributed by atoms with Crippen molar-refractivity contribution in [1.82, 2.24) is 0 Å². The van der Waals surface area contributed by atoms with Crippen molar-refractivity contribution in [2.45, 2.75) is 12.8 Å². The van der Waals surface area contributed by atoms with Crippen LogP contribution in [-0.2, 0) is 0 Å². The lowest BCUT2D eigenvalue weighted by Crippen LogP contribution is -2.53. The van der Waals surface area contributed by atoms with Crippen LogP contribution in [0.3, 0.4) is 0 Å². The van der Waals surface area contributed by atoms with Crippen LogP contribution in [0.2, 0.25) is 0 Å². The van der Waals surface area contributed by atoms with E-state index in [1.54, 1.807) is 0 Å². The van der Waals surface area contributed by atoms with Crippen LogP contribution >= 0.6 is 0 Å². The third-order valence-corrected chi connectivity index (χ3v) is 0.750. The Balaban J connectivity index is 2.34. The molecule has 6 N–H and O–H groups in total. The number of rotatable bonds is 3. The predicted octanol–water partition coefficient (Wildman–Crippen LogP) is -1.75. The molecular formula is C4H14N2+2. The molecule has 2 nitrogen and oxygen atoms in total. The Morgan fingerprint density at radius 1 is 0.833 bits per heavy atom. The van der Waals surface area contributed by atoms with Gasteiger partial charge >= 0.3 is 0 Å². The van der Waals surface area contributed by atoms with Crippen LogP contribution in [-0.4, -0.2) is 13.1 Å². The normalized spacial score (nSPS) is 9.00. The first-order valence-corrected chi connectivity index (χ1v) is 2.50. The van der Waals surface area contributed by atoms with E-state index in [9.17, 15) is 0 Å². The summed E-state index contributed by atoms with van der Waals surface area (Å²) in [6, 6.07) is 0. The van der Waals surface area contributed by atoms with Gasteiger partial charge in [0.1, 0.15) is 0 Å². The molecule has 0 amide bonds. The maximum absolute atomic E-state index is 3.70. The molecule has 0 aliphatic carbocycles. The van der Waals surface area contributed by atoms with Crippen LogP contribution in [0.4, 0.5) is 0 Å². The maximum atomic E-state index is 3.70. The third-order valence-electron chi connectivity index (χ3n) is 0.750. The zero-order valence-electron chi connectivity index (χ0n) is 4.24. The molecule has 0 unspecified atom stereocenters. The number of hydrogen-bond donors (Lipinski definition) is 2. The minimum absolute atomic E-state index is 1.06. The summed E-state index contributed by atoms with van der Waals surface area (Å²) in [5.41, 5.74) is 7.39. The second-order valence-electron chi connectivity index (χ2n) is 1.41. The maximum Gasteiger partial charge on any atom is 0.0742 e. The van der Waals surface area contributed by atoms with Crippen LogP contribution in [0.1, 0.15) is 12.8 Å². The number of hydrogen-bond acceptors (Lipinski definition) is 0. The molecular weight excluding hydrogens is 76.1 g/mol. The Hall–Kier alpha value is -0.0800. The van der Waals surface area contributed by atoms with Gasteiger partial charge in [0.05, 0.1) is 13.1 Å². The van der Waals surface area contributed by atoms with Crippen LogP contribution < -0.4 is 11.5 Å². The molecule has 0 aromatic carbocycles. The highest BCUT2D eigenvalue weighted by atomic mass is 14.5. The summed E-state index contributed by atoms with van der Waals surface area (Å²) in [4.78, 5) is 0. The van der Waals surface area contributed by atoms with Gasteiger partial charge in [-0.15, -0.1) is 0 Å². The Labute approximate surface area is 38.5 Å². The van der Waals surface area contributed by atoms with Crippen molar-refractivity contribution < 1.29 is 11.5 Å². The molecule has 0 spiro atoms. The third kappa shape index (κ3) is 3.92. The summed E-state index contributed by atoms with van der Waals surface area (Å²) >= 11 is 0. The molecule has 0 heterocycles. The lowest BCUT2D eigenvalue weighted by Gasteiger charge is -1.82. The smallest absolute Gasteiger partial charge is 0.0742 e. The molecule has 2 heteroatoms. The van der Waals surface area contributed by atoms with Gasteiger partial charge in [0, 0.05) is 12.8 Å². The van der Waals surface area contributed by atoms with Crippen molar-refractivity contribution in [3.63, 3.8) is 0 Å². The zero-order valence-corrected chi connectivity index (χ0v) is 4.24. The average molecular weight is 90.2 g/mol. The molecule has 0 aliphatic rings. The van der Waals surface area contributed by atoms with E-state index < -0.39 is 0 Å². The van der Waals surface area contributed by atoms with Gasteiger partial charge < -0.3 is 11.5 Å². The van der Waals surface area contributed by atoms with Gasteiger partial charge in [0.25, 0.3) is 0 Å². The Morgan fingerprint density at radius 2 is 1.17 bits per heavy atom. The second kappa shape index (κ2) is 4.92. The summed E-state index contributed by atoms with van der Waals surface area (Å²) in [5, 5.41) is 0. The Bertz CT molecular complexity index is 17.5. The summed E-state index contributed by atoms with van der Waals surface area (Å²) < 4.78 is 0. The standard InChI is InChI=1S/C4H12N2/c5-3-1-2-4-6/h1-6H2/p+2. The largest absolute Gasteiger partial charge is 0.358 e. The summed E-state index contributed by atoms with van der Waals surface area (Å²) in [6.45, 7) is 2.13. The Kier molecular flexibility index (Phi) is 4.85. The fraction of sp³-hybridized carbons (Fsp3) is 1.00. The molecule has 0 saturated heterocycles. The molecule has 0 rings (SSSR count). The summed E-state index contributed by atoms with van der Waals surface area (Å²) in [7, 11) is 0. The highest BCUT2D eigenvalue weighted by Gasteiger charge is 1.80. The molecule has 0 atom stereocenters. The molecule has 0 aromatic rings. The van der Waals surface area contributed by atoms with Crippen molar-refractivity contribution in [3.8, 4) is 0 Å². The number of unbranched alkanes of at least 4 members (excludes halogenated alkanes) is 1. The quantitative estimate of drug-likeness (QED) is 0.386. The molecule has 0 bridgehead atoms. The van der Waals surface area contributed by atoms with Gasteiger partial charge in [-0.1, -0.05) is 0 Å². The van der Waals surface area contributed by atoms with Crippen LogP contribution in [0.25, 0.3) is 0 Å². The van der Waals surface area contributed by atoms with E-state index in [1.165, 1.54) is 12.8 Å². The molecule has 38 valence electrons. The molecule has 6 heavy (non-hydrogen) atoms. The molecule has 0 radical (unpaired) electrons. The van der Waals surface area contributed by atoms with Gasteiger partial charge in [-0.3, -0.25) is 0 Å². The summed E-state index contributed by atoms with van der Waals surface area (Å²) in [6.07, 6.45) is 2.48. The van der Waals surface area contributed by atoms with E-state index in [1.807, 2.05) is 0 Å². The van der Waals surface area contributed by atoms with Crippen molar-refractivity contribution in [1.29, 1.82) is 0 Å². The van der Waals surface area contributed by atoms with E-state index in [2.05, 4.69) is 11.5 Å². The highest BCUT2D eigenvalue weighted by Crippen LogP contribution is 1.74. The van der Waals surface area contributed by atoms with Gasteiger partial charge in [0.15, 0.2) is 0 Å². The SMILES string of the molecule is [NH3+]CCCC[NH3+]. The molecule has 0 saturated carbocycles. The fourth-order valence-corrected chi connectivity index (χ4v) is 0.354. The molecule has 0 aliphatic heterocycles. The van der Waals surface area contributed by atoms with Crippen molar-refractivity contribution in [2.75, 3.05) is 13.1 Å². The highest BCUT2D eigenvalue weighted by molar-refractivity contribution is 4.28. The van der Waals surface area contributed by atoms with Gasteiger partial charge in [-0.2, -0.15) is 0 Å². The van der Waals surface area contributed by atoms with Gasteiger partial charge in [-0.25, -0.2) is 0 Å². The first kappa shape index (κ1) is 5.92. The van der Waals surface area contributed by atoms with E-state index in [4.69, 9.17) is 0 Å². The van der Waals surface area contributed by atoms with Crippen LogP contribution in [0, 0.1) is 0 Å². The average Bonchev–Trinajstić information content (AvgIpc) is 1.61. The second-order valence-corrected chi connectivity index (χ2v) is 1.41. The lowest BCUT2D eigenvalue weighted by molar-refractivity contribution is -0.384. The first-order valence-electron chi connectivity index (χ1n) is 2.50. The minimum atomic E-state index is 1.06. The van der Waals surface area contributed by atoms with E-state index in [0.29, 0.717) is 0 Å². The topological polar surface area (TPSA) is 55.3 Å². The van der Waals surface area contributed by atoms with Gasteiger partial charge in [-0.05, 0) is 0 Å². The monoisotopic (exact) mass is 90.1 g/mol. The summed E-state index contributed by atoms with van der Waals surface area (Å²) in [5.74, 6) is 0. The van der Waals surface area contributed by atoms with Crippen molar-refractivity contribution in [2.24, 2.45) is 0 Å². The van der Waals surface area contributed by atoms with Crippen molar-refractivity contribution >= 4 is 0 Å². The molecule has 0 fully saturated rings. The van der Waals surface area contributed by atoms with Crippen LogP contribution in [0.5, 0.6) is 0 Å². The van der Waals surface area contributed by atoms with Crippen molar-refractivity contribution in [3.05, 3.63) is 0 Å². The first-order chi connectivity index (χ1) is 2.91. The van der Waals surface area contributed by atoms with E-state index in [0.717, 1.165) is 13.1 Å². The minimum Gasteiger partial charge on any atom is -0.358 e. The van der Waals surface area contributed by atoms with Crippen LogP contribution in [0.15, 0.2) is 0 Å². The Morgan fingerprint density at radius 3 is 1.33 bits per heavy atom. The lowest BCUT2D eigenvalue weighted by atomic mass is 10.3. The zero-order chi connectivity index (χ0) is 4.83. The van der Waals surface area contributed by atoms with Gasteiger partial charge in [0.2, 0.25) is 0 Å². The predicted molar refractivity (Wildman–Crippen MR) is 24.7 cm³/mol. The number of quaternary nitrogens is 2. The fourth-order valence-electron chi connectivity index (χ4n) is 0.354. The van der Waals surface area contributed by atoms with E-state index in [-0.39, 0.29) is 0 Å². The van der Waals surface area contributed by atoms with E-state index >= 15 is 0 Å². The molecule has 0 aromatic heterocycles.